The second kappa shape index (κ2) is 11.4. The number of fused-ring (bicyclic) bond motifs is 1. The predicted octanol–water partition coefficient (Wildman–Crippen LogP) is 2.68. The Labute approximate surface area is 240 Å². The fraction of sp³-hybridized carbons (Fsp3) is 0.310. The Bertz CT molecular complexity index is 1700. The van der Waals surface area contributed by atoms with Gasteiger partial charge in [-0.3, -0.25) is 23.9 Å². The summed E-state index contributed by atoms with van der Waals surface area (Å²) in [6.07, 6.45) is 1.78. The molecule has 5 rings (SSSR count). The molecule has 13 heteroatoms. The zero-order chi connectivity index (χ0) is 30.1. The van der Waals surface area contributed by atoms with Crippen LogP contribution in [0.15, 0.2) is 48.8 Å². The average molecular weight is 573 g/mol. The number of carbonyl (C=O) groups excluding carboxylic acids is 4. The van der Waals surface area contributed by atoms with Crippen molar-refractivity contribution in [1.82, 2.24) is 34.5 Å². The Balaban J connectivity index is 1.38. The fourth-order valence-corrected chi connectivity index (χ4v) is 4.87. The molecule has 12 nitrogen and oxygen atoms in total. The zero-order valence-corrected chi connectivity index (χ0v) is 23.5. The summed E-state index contributed by atoms with van der Waals surface area (Å²) in [5.74, 6) is -1.04. The van der Waals surface area contributed by atoms with Gasteiger partial charge in [0.1, 0.15) is 41.8 Å². The molecule has 216 valence electrons. The molecular formula is C29H29FN8O4. The van der Waals surface area contributed by atoms with Crippen LogP contribution in [0, 0.1) is 6.92 Å². The number of Topliss-reactive ketones (excluding diaryl/α,β-unsaturated/α-hetero) is 1. The summed E-state index contributed by atoms with van der Waals surface area (Å²) < 4.78 is 15.9. The minimum absolute atomic E-state index is 0.112. The molecule has 1 saturated heterocycles. The van der Waals surface area contributed by atoms with Crippen molar-refractivity contribution in [3.8, 4) is 11.1 Å². The second-order valence-electron chi connectivity index (χ2n) is 10.3. The number of rotatable bonds is 7. The molecular weight excluding hydrogens is 543 g/mol. The van der Waals surface area contributed by atoms with Crippen LogP contribution in [0.1, 0.15) is 40.1 Å². The van der Waals surface area contributed by atoms with Crippen molar-refractivity contribution in [3.63, 3.8) is 0 Å². The number of anilines is 1. The number of pyridine rings is 1. The van der Waals surface area contributed by atoms with E-state index in [2.05, 4.69) is 25.4 Å². The number of aromatic nitrogens is 5. The third-order valence-electron chi connectivity index (χ3n) is 6.98. The van der Waals surface area contributed by atoms with Crippen molar-refractivity contribution < 1.29 is 23.6 Å². The van der Waals surface area contributed by atoms with Crippen LogP contribution in [-0.2, 0) is 16.1 Å². The largest absolute Gasteiger partial charge is 0.343 e. The van der Waals surface area contributed by atoms with Gasteiger partial charge in [0.2, 0.25) is 11.8 Å². The number of hydrogen-bond acceptors (Lipinski definition) is 8. The van der Waals surface area contributed by atoms with Crippen molar-refractivity contribution in [2.24, 2.45) is 0 Å². The van der Waals surface area contributed by atoms with E-state index in [-0.39, 0.29) is 48.4 Å². The molecule has 2 atom stereocenters. The van der Waals surface area contributed by atoms with Gasteiger partial charge in [-0.05, 0) is 36.8 Å². The number of amides is 3. The monoisotopic (exact) mass is 572 g/mol. The Morgan fingerprint density at radius 3 is 2.50 bits per heavy atom. The summed E-state index contributed by atoms with van der Waals surface area (Å²) in [6.45, 7) is 2.60. The van der Waals surface area contributed by atoms with Crippen LogP contribution in [0.25, 0.3) is 22.0 Å². The molecule has 4 heterocycles. The molecule has 1 aliphatic rings. The second-order valence-corrected chi connectivity index (χ2v) is 10.3. The topological polar surface area (TPSA) is 143 Å². The molecule has 0 saturated carbocycles. The smallest absolute Gasteiger partial charge is 0.272 e. The minimum atomic E-state index is -1.40. The first kappa shape index (κ1) is 28.5. The quantitative estimate of drug-likeness (QED) is 0.333. The lowest BCUT2D eigenvalue weighted by molar-refractivity contribution is -0.137. The van der Waals surface area contributed by atoms with Crippen LogP contribution in [-0.4, -0.2) is 90.9 Å². The van der Waals surface area contributed by atoms with Gasteiger partial charge in [-0.15, -0.1) is 0 Å². The number of nitrogens with one attached hydrogen (secondary N) is 1. The highest BCUT2D eigenvalue weighted by atomic mass is 19.1. The molecule has 0 aliphatic carbocycles. The van der Waals surface area contributed by atoms with E-state index in [4.69, 9.17) is 0 Å². The van der Waals surface area contributed by atoms with Crippen LogP contribution < -0.4 is 5.32 Å². The number of aryl methyl sites for hydroxylation is 1. The molecule has 1 aliphatic heterocycles. The highest BCUT2D eigenvalue weighted by Crippen LogP contribution is 2.28. The van der Waals surface area contributed by atoms with E-state index >= 15 is 0 Å². The maximum atomic E-state index is 14.6. The number of carbonyl (C=O) groups is 4. The molecule has 0 bridgehead atoms. The number of hydrogen-bond donors (Lipinski definition) is 1. The Kier molecular flexibility index (Phi) is 7.74. The molecule has 1 N–H and O–H groups in total. The van der Waals surface area contributed by atoms with Crippen LogP contribution in [0.2, 0.25) is 0 Å². The normalized spacial score (nSPS) is 16.5. The van der Waals surface area contributed by atoms with Gasteiger partial charge < -0.3 is 15.1 Å². The lowest BCUT2D eigenvalue weighted by Gasteiger charge is -2.23. The van der Waals surface area contributed by atoms with Gasteiger partial charge in [0.05, 0.1) is 12.1 Å². The molecule has 42 heavy (non-hydrogen) atoms. The van der Waals surface area contributed by atoms with Gasteiger partial charge in [0, 0.05) is 50.8 Å². The third kappa shape index (κ3) is 5.71. The van der Waals surface area contributed by atoms with Crippen molar-refractivity contribution in [1.29, 1.82) is 0 Å². The maximum Gasteiger partial charge on any atom is 0.272 e. The summed E-state index contributed by atoms with van der Waals surface area (Å²) in [7, 11) is 3.16. The molecule has 1 aromatic carbocycles. The standard InChI is InChI=1S/C29H29FN8O4/c1-16(39)27-21-10-18(19-12-31-17(2)32-13-19)8-9-23(21)38(35-27)15-26(40)37-14-20(30)11-24(37)28(41)34-25-7-5-6-22(33-25)29(42)36(3)4/h5-10,12-13,20,24H,11,14-15H2,1-4H3,(H,33,34,41)/t20-,24+/m1/s1. The highest BCUT2D eigenvalue weighted by Gasteiger charge is 2.40. The molecule has 4 aromatic rings. The zero-order valence-electron chi connectivity index (χ0n) is 23.5. The van der Waals surface area contributed by atoms with E-state index in [1.807, 2.05) is 6.07 Å². The SMILES string of the molecule is CC(=O)c1nn(CC(=O)N2C[C@H](F)C[C@H]2C(=O)Nc2cccc(C(=O)N(C)C)n2)c2ccc(-c3cnc(C)nc3)cc12. The summed E-state index contributed by atoms with van der Waals surface area (Å²) in [6, 6.07) is 8.86. The van der Waals surface area contributed by atoms with E-state index in [1.165, 1.54) is 33.5 Å². The fourth-order valence-electron chi connectivity index (χ4n) is 4.87. The van der Waals surface area contributed by atoms with Gasteiger partial charge in [-0.1, -0.05) is 12.1 Å². The Hall–Kier alpha value is -5.07. The number of ketones is 1. The number of likely N-dealkylation sites (tertiary alicyclic amines) is 1. The van der Waals surface area contributed by atoms with Gasteiger partial charge >= 0.3 is 0 Å². The minimum Gasteiger partial charge on any atom is -0.343 e. The lowest BCUT2D eigenvalue weighted by Crippen LogP contribution is -2.44. The number of nitrogens with zero attached hydrogens (tertiary/aromatic N) is 7. The molecule has 0 unspecified atom stereocenters. The van der Waals surface area contributed by atoms with Gasteiger partial charge in [-0.25, -0.2) is 19.3 Å². The van der Waals surface area contributed by atoms with E-state index in [0.717, 1.165) is 11.1 Å². The molecule has 0 radical (unpaired) electrons. The van der Waals surface area contributed by atoms with E-state index < -0.39 is 24.0 Å². The first-order valence-corrected chi connectivity index (χ1v) is 13.3. The number of halogens is 1. The first-order chi connectivity index (χ1) is 20.0. The summed E-state index contributed by atoms with van der Waals surface area (Å²) >= 11 is 0. The summed E-state index contributed by atoms with van der Waals surface area (Å²) in [5, 5.41) is 7.54. The predicted molar refractivity (Wildman–Crippen MR) is 151 cm³/mol. The van der Waals surface area contributed by atoms with Crippen molar-refractivity contribution in [2.75, 3.05) is 26.0 Å². The van der Waals surface area contributed by atoms with Crippen LogP contribution in [0.4, 0.5) is 10.2 Å². The average Bonchev–Trinajstić information content (AvgIpc) is 3.53. The van der Waals surface area contributed by atoms with E-state index in [1.54, 1.807) is 51.6 Å². The molecule has 3 aromatic heterocycles. The number of benzene rings is 1. The van der Waals surface area contributed by atoms with Gasteiger partial charge in [-0.2, -0.15) is 5.10 Å². The lowest BCUT2D eigenvalue weighted by atomic mass is 10.0. The summed E-state index contributed by atoms with van der Waals surface area (Å²) in [4.78, 5) is 66.4. The van der Waals surface area contributed by atoms with Gasteiger partial charge in [0.15, 0.2) is 5.78 Å². The first-order valence-electron chi connectivity index (χ1n) is 13.3. The highest BCUT2D eigenvalue weighted by molar-refractivity contribution is 6.06. The van der Waals surface area contributed by atoms with Crippen molar-refractivity contribution >= 4 is 40.2 Å². The third-order valence-corrected chi connectivity index (χ3v) is 6.98. The van der Waals surface area contributed by atoms with E-state index in [0.29, 0.717) is 16.7 Å². The van der Waals surface area contributed by atoms with Crippen LogP contribution >= 0.6 is 0 Å². The van der Waals surface area contributed by atoms with Gasteiger partial charge in [0.25, 0.3) is 5.91 Å². The number of alkyl halides is 1. The van der Waals surface area contributed by atoms with Crippen LogP contribution in [0.5, 0.6) is 0 Å². The molecule has 0 spiro atoms. The summed E-state index contributed by atoms with van der Waals surface area (Å²) in [5.41, 5.74) is 2.38. The van der Waals surface area contributed by atoms with Crippen LogP contribution in [0.3, 0.4) is 0 Å². The Morgan fingerprint density at radius 1 is 1.07 bits per heavy atom. The van der Waals surface area contributed by atoms with Crippen molar-refractivity contribution in [2.45, 2.75) is 39.0 Å². The maximum absolute atomic E-state index is 14.6. The molecule has 3 amide bonds. The van der Waals surface area contributed by atoms with E-state index in [9.17, 15) is 23.6 Å². The van der Waals surface area contributed by atoms with Crippen molar-refractivity contribution in [3.05, 3.63) is 66.0 Å². The Morgan fingerprint density at radius 2 is 1.81 bits per heavy atom. The molecule has 1 fully saturated rings.